The standard InChI is InChI=1S/C24H23NO4/c1-13-7-14(2)9-17(8-13)25-23(26)6-5-18-16(4)20-10-19-15(3)12-28-21(19)11-22(20)29-24(18)27/h7-12H,5-6H2,1-4H3,(H,25,26). The molecule has 0 fully saturated rings. The fraction of sp³-hybridized carbons (Fsp3) is 0.250. The highest BCUT2D eigenvalue weighted by Crippen LogP contribution is 2.29. The summed E-state index contributed by atoms with van der Waals surface area (Å²) in [6, 6.07) is 9.65. The summed E-state index contributed by atoms with van der Waals surface area (Å²) in [7, 11) is 0. The Morgan fingerprint density at radius 2 is 1.66 bits per heavy atom. The van der Waals surface area contributed by atoms with Gasteiger partial charge in [0.25, 0.3) is 0 Å². The highest BCUT2D eigenvalue weighted by atomic mass is 16.4. The minimum absolute atomic E-state index is 0.130. The molecule has 2 aromatic heterocycles. The number of hydrogen-bond donors (Lipinski definition) is 1. The number of fused-ring (bicyclic) bond motifs is 2. The number of carbonyl (C=O) groups excluding carboxylic acids is 1. The quantitative estimate of drug-likeness (QED) is 0.478. The first-order valence-electron chi connectivity index (χ1n) is 9.64. The first-order valence-corrected chi connectivity index (χ1v) is 9.64. The summed E-state index contributed by atoms with van der Waals surface area (Å²) < 4.78 is 11.0. The Hall–Kier alpha value is -3.34. The Morgan fingerprint density at radius 1 is 0.931 bits per heavy atom. The predicted molar refractivity (Wildman–Crippen MR) is 115 cm³/mol. The van der Waals surface area contributed by atoms with Crippen molar-refractivity contribution in [2.75, 3.05) is 5.32 Å². The molecule has 0 aliphatic rings. The maximum Gasteiger partial charge on any atom is 0.339 e. The van der Waals surface area contributed by atoms with Gasteiger partial charge < -0.3 is 14.2 Å². The molecule has 1 amide bonds. The van der Waals surface area contributed by atoms with Gasteiger partial charge in [0.1, 0.15) is 11.2 Å². The number of amides is 1. The average Bonchev–Trinajstić information content (AvgIpc) is 2.99. The maximum atomic E-state index is 12.5. The number of benzene rings is 2. The second kappa shape index (κ2) is 7.24. The van der Waals surface area contributed by atoms with E-state index in [9.17, 15) is 9.59 Å². The van der Waals surface area contributed by atoms with Crippen molar-refractivity contribution >= 4 is 33.5 Å². The zero-order valence-electron chi connectivity index (χ0n) is 17.0. The van der Waals surface area contributed by atoms with E-state index in [1.165, 1.54) is 0 Å². The summed E-state index contributed by atoms with van der Waals surface area (Å²) in [6.45, 7) is 7.86. The summed E-state index contributed by atoms with van der Waals surface area (Å²) in [5.41, 5.74) is 6.15. The number of aryl methyl sites for hydroxylation is 4. The molecule has 5 nitrogen and oxygen atoms in total. The van der Waals surface area contributed by atoms with Gasteiger partial charge in [0, 0.05) is 34.5 Å². The minimum Gasteiger partial charge on any atom is -0.464 e. The van der Waals surface area contributed by atoms with Gasteiger partial charge in [-0.05, 0) is 74.6 Å². The zero-order chi connectivity index (χ0) is 20.7. The molecular weight excluding hydrogens is 366 g/mol. The van der Waals surface area contributed by atoms with Crippen molar-refractivity contribution in [1.29, 1.82) is 0 Å². The Morgan fingerprint density at radius 3 is 2.38 bits per heavy atom. The van der Waals surface area contributed by atoms with Crippen LogP contribution < -0.4 is 10.9 Å². The fourth-order valence-corrected chi connectivity index (χ4v) is 3.84. The molecule has 1 N–H and O–H groups in total. The highest BCUT2D eigenvalue weighted by molar-refractivity contribution is 5.96. The lowest BCUT2D eigenvalue weighted by Crippen LogP contribution is -2.16. The molecule has 0 radical (unpaired) electrons. The van der Waals surface area contributed by atoms with Crippen LogP contribution in [-0.2, 0) is 11.2 Å². The number of nitrogens with one attached hydrogen (secondary N) is 1. The molecule has 0 atom stereocenters. The lowest BCUT2D eigenvalue weighted by Gasteiger charge is -2.10. The van der Waals surface area contributed by atoms with E-state index >= 15 is 0 Å². The molecule has 4 aromatic rings. The third-order valence-electron chi connectivity index (χ3n) is 5.28. The summed E-state index contributed by atoms with van der Waals surface area (Å²) >= 11 is 0. The van der Waals surface area contributed by atoms with Crippen molar-refractivity contribution in [3.8, 4) is 0 Å². The second-order valence-corrected chi connectivity index (χ2v) is 7.68. The molecule has 148 valence electrons. The van der Waals surface area contributed by atoms with E-state index < -0.39 is 5.63 Å². The first kappa shape index (κ1) is 19.0. The van der Waals surface area contributed by atoms with Crippen molar-refractivity contribution < 1.29 is 13.6 Å². The molecule has 0 aliphatic heterocycles. The highest BCUT2D eigenvalue weighted by Gasteiger charge is 2.15. The molecule has 2 heterocycles. The largest absolute Gasteiger partial charge is 0.464 e. The van der Waals surface area contributed by atoms with Crippen LogP contribution in [0.25, 0.3) is 21.9 Å². The molecule has 0 spiro atoms. The number of hydrogen-bond acceptors (Lipinski definition) is 4. The summed E-state index contributed by atoms with van der Waals surface area (Å²) in [6.07, 6.45) is 2.22. The lowest BCUT2D eigenvalue weighted by atomic mass is 10.0. The van der Waals surface area contributed by atoms with Crippen LogP contribution in [0.4, 0.5) is 5.69 Å². The van der Waals surface area contributed by atoms with Gasteiger partial charge in [-0.25, -0.2) is 4.79 Å². The third-order valence-corrected chi connectivity index (χ3v) is 5.28. The topological polar surface area (TPSA) is 72.5 Å². The van der Waals surface area contributed by atoms with Crippen LogP contribution in [0.1, 0.15) is 34.2 Å². The normalized spacial score (nSPS) is 11.3. The van der Waals surface area contributed by atoms with E-state index in [2.05, 4.69) is 11.4 Å². The average molecular weight is 389 g/mol. The first-order chi connectivity index (χ1) is 13.8. The van der Waals surface area contributed by atoms with Gasteiger partial charge in [0.05, 0.1) is 6.26 Å². The van der Waals surface area contributed by atoms with Crippen LogP contribution in [0.15, 0.2) is 50.2 Å². The molecule has 4 rings (SSSR count). The monoisotopic (exact) mass is 389 g/mol. The van der Waals surface area contributed by atoms with Gasteiger partial charge in [-0.1, -0.05) is 6.07 Å². The number of rotatable bonds is 4. The van der Waals surface area contributed by atoms with Crippen molar-refractivity contribution in [1.82, 2.24) is 0 Å². The molecule has 29 heavy (non-hydrogen) atoms. The second-order valence-electron chi connectivity index (χ2n) is 7.68. The van der Waals surface area contributed by atoms with Gasteiger partial charge in [0.2, 0.25) is 5.91 Å². The molecule has 2 aromatic carbocycles. The van der Waals surface area contributed by atoms with Crippen LogP contribution in [0.5, 0.6) is 0 Å². The summed E-state index contributed by atoms with van der Waals surface area (Å²) in [5, 5.41) is 4.77. The number of furan rings is 1. The van der Waals surface area contributed by atoms with Crippen molar-refractivity contribution in [2.24, 2.45) is 0 Å². The molecular formula is C24H23NO4. The van der Waals surface area contributed by atoms with E-state index in [-0.39, 0.29) is 12.3 Å². The van der Waals surface area contributed by atoms with Gasteiger partial charge in [-0.3, -0.25) is 4.79 Å². The Labute approximate surface area is 168 Å². The van der Waals surface area contributed by atoms with Gasteiger partial charge in [-0.2, -0.15) is 0 Å². The van der Waals surface area contributed by atoms with E-state index in [0.29, 0.717) is 23.2 Å². The molecule has 0 saturated carbocycles. The third kappa shape index (κ3) is 3.68. The smallest absolute Gasteiger partial charge is 0.339 e. The van der Waals surface area contributed by atoms with E-state index in [1.54, 1.807) is 12.3 Å². The number of carbonyl (C=O) groups is 1. The van der Waals surface area contributed by atoms with E-state index in [1.807, 2.05) is 45.9 Å². The van der Waals surface area contributed by atoms with Crippen LogP contribution in [-0.4, -0.2) is 5.91 Å². The summed E-state index contributed by atoms with van der Waals surface area (Å²) in [4.78, 5) is 24.9. The SMILES string of the molecule is Cc1cc(C)cc(NC(=O)CCc2c(C)c3cc4c(C)coc4cc3oc2=O)c1. The van der Waals surface area contributed by atoms with E-state index in [0.717, 1.165) is 38.7 Å². The zero-order valence-corrected chi connectivity index (χ0v) is 17.0. The number of anilines is 1. The Kier molecular flexibility index (Phi) is 4.74. The molecule has 0 aliphatic carbocycles. The molecule has 0 saturated heterocycles. The van der Waals surface area contributed by atoms with Crippen molar-refractivity contribution in [3.05, 3.63) is 74.8 Å². The van der Waals surface area contributed by atoms with Crippen LogP contribution >= 0.6 is 0 Å². The molecule has 0 unspecified atom stereocenters. The predicted octanol–water partition coefficient (Wildman–Crippen LogP) is 5.34. The van der Waals surface area contributed by atoms with Gasteiger partial charge in [0.15, 0.2) is 0 Å². The van der Waals surface area contributed by atoms with Crippen molar-refractivity contribution in [2.45, 2.75) is 40.5 Å². The van der Waals surface area contributed by atoms with Crippen molar-refractivity contribution in [3.63, 3.8) is 0 Å². The lowest BCUT2D eigenvalue weighted by molar-refractivity contribution is -0.116. The maximum absolute atomic E-state index is 12.5. The van der Waals surface area contributed by atoms with Crippen LogP contribution in [0, 0.1) is 27.7 Å². The van der Waals surface area contributed by atoms with E-state index in [4.69, 9.17) is 8.83 Å². The summed E-state index contributed by atoms with van der Waals surface area (Å²) in [5.74, 6) is -0.130. The van der Waals surface area contributed by atoms with Gasteiger partial charge >= 0.3 is 5.63 Å². The van der Waals surface area contributed by atoms with Gasteiger partial charge in [-0.15, -0.1) is 0 Å². The van der Waals surface area contributed by atoms with Crippen LogP contribution in [0.3, 0.4) is 0 Å². The molecule has 5 heteroatoms. The fourth-order valence-electron chi connectivity index (χ4n) is 3.84. The Bertz CT molecular complexity index is 1290. The van der Waals surface area contributed by atoms with Crippen LogP contribution in [0.2, 0.25) is 0 Å². The molecule has 0 bridgehead atoms. The Balaban J connectivity index is 1.60. The minimum atomic E-state index is -0.406.